The van der Waals surface area contributed by atoms with Crippen LogP contribution >= 0.6 is 10.0 Å². The Labute approximate surface area is 302 Å². The summed E-state index contributed by atoms with van der Waals surface area (Å²) in [6.07, 6.45) is 25.3. The molecule has 0 saturated carbocycles. The monoisotopic (exact) mass is 722 g/mol. The summed E-state index contributed by atoms with van der Waals surface area (Å²) in [6, 6.07) is -0.714. The number of nitrogens with one attached hydrogen (secondary N) is 1. The Balaban J connectivity index is 2.13. The minimum absolute atomic E-state index is 0.146. The second-order valence-electron chi connectivity index (χ2n) is 15.2. The molecule has 0 spiro atoms. The maximum Gasteiger partial charge on any atom is 0.220 e. The van der Waals surface area contributed by atoms with E-state index in [0.717, 1.165) is 19.3 Å². The number of aliphatic hydroxyl groups is 5. The number of hydrogen-bond acceptors (Lipinski definition) is 8. The van der Waals surface area contributed by atoms with Crippen LogP contribution < -0.4 is 5.32 Å². The molecule has 1 rings (SSSR count). The van der Waals surface area contributed by atoms with Crippen LogP contribution in [0.4, 0.5) is 0 Å². The first-order chi connectivity index (χ1) is 23.6. The summed E-state index contributed by atoms with van der Waals surface area (Å²) in [4.78, 5) is 12.7. The molecule has 9 nitrogen and oxygen atoms in total. The molecule has 10 heteroatoms. The molecule has 7 atom stereocenters. The summed E-state index contributed by atoms with van der Waals surface area (Å²) >= 11 is 0. The average molecular weight is 722 g/mol. The van der Waals surface area contributed by atoms with Crippen molar-refractivity contribution in [1.29, 1.82) is 0 Å². The number of aliphatic hydroxyl groups excluding tert-OH is 5. The van der Waals surface area contributed by atoms with E-state index >= 15 is 0 Å². The molecule has 1 heterocycles. The van der Waals surface area contributed by atoms with Crippen molar-refractivity contribution in [1.82, 2.24) is 5.32 Å². The molecule has 6 N–H and O–H groups in total. The highest BCUT2D eigenvalue weighted by molar-refractivity contribution is 8.32. The number of ether oxygens (including phenoxy) is 2. The molecule has 0 aromatic heterocycles. The van der Waals surface area contributed by atoms with Gasteiger partial charge in [0.15, 0.2) is 6.29 Å². The van der Waals surface area contributed by atoms with Gasteiger partial charge in [-0.25, -0.2) is 10.0 Å². The van der Waals surface area contributed by atoms with Gasteiger partial charge in [-0.1, -0.05) is 129 Å². The van der Waals surface area contributed by atoms with Crippen LogP contribution in [0.25, 0.3) is 0 Å². The molecular formula is C39H79NO8S. The lowest BCUT2D eigenvalue weighted by molar-refractivity contribution is -0.302. The van der Waals surface area contributed by atoms with Crippen LogP contribution in [0.1, 0.15) is 162 Å². The lowest BCUT2D eigenvalue weighted by Crippen LogP contribution is -2.60. The van der Waals surface area contributed by atoms with E-state index in [-0.39, 0.29) is 12.5 Å². The normalized spacial score (nSPS) is 23.0. The van der Waals surface area contributed by atoms with E-state index in [4.69, 9.17) is 9.47 Å². The van der Waals surface area contributed by atoms with Gasteiger partial charge in [0.2, 0.25) is 5.91 Å². The molecule has 294 valence electrons. The van der Waals surface area contributed by atoms with E-state index < -0.39 is 59.5 Å². The Kier molecular flexibility index (Phi) is 27.6. The SMILES string of the molecule is CCCCCCCCCCCCCCCCCCS(C)(C)CCCCCCC(=O)N[C@@H](COC1OC(CO)C(O)C(O)C1O)[C@H](O)CCC. The first-order valence-electron chi connectivity index (χ1n) is 20.1. The fraction of sp³-hybridized carbons (Fsp3) is 0.974. The van der Waals surface area contributed by atoms with Crippen molar-refractivity contribution >= 4 is 15.9 Å². The summed E-state index contributed by atoms with van der Waals surface area (Å²) in [5, 5.41) is 53.1. The summed E-state index contributed by atoms with van der Waals surface area (Å²) in [5.41, 5.74) is 0. The van der Waals surface area contributed by atoms with Crippen LogP contribution in [0, 0.1) is 0 Å². The van der Waals surface area contributed by atoms with E-state index in [1.54, 1.807) is 0 Å². The Morgan fingerprint density at radius 2 is 1.16 bits per heavy atom. The Bertz CT molecular complexity index is 788. The largest absolute Gasteiger partial charge is 0.394 e. The zero-order valence-corrected chi connectivity index (χ0v) is 32.8. The number of rotatable bonds is 32. The fourth-order valence-corrected chi connectivity index (χ4v) is 8.88. The van der Waals surface area contributed by atoms with Crippen LogP contribution in [-0.2, 0) is 14.3 Å². The maximum atomic E-state index is 12.7. The third-order valence-electron chi connectivity index (χ3n) is 10.1. The van der Waals surface area contributed by atoms with E-state index in [0.29, 0.717) is 19.3 Å². The quantitative estimate of drug-likeness (QED) is 0.0420. The smallest absolute Gasteiger partial charge is 0.220 e. The van der Waals surface area contributed by atoms with Crippen molar-refractivity contribution < 1.29 is 39.8 Å². The van der Waals surface area contributed by atoms with Crippen LogP contribution in [0.15, 0.2) is 0 Å². The summed E-state index contributed by atoms with van der Waals surface area (Å²) < 4.78 is 11.0. The predicted octanol–water partition coefficient (Wildman–Crippen LogP) is 6.72. The van der Waals surface area contributed by atoms with Crippen LogP contribution in [0.5, 0.6) is 0 Å². The summed E-state index contributed by atoms with van der Waals surface area (Å²) in [7, 11) is -0.559. The van der Waals surface area contributed by atoms with Gasteiger partial charge in [0.1, 0.15) is 24.4 Å². The molecule has 0 aliphatic carbocycles. The third kappa shape index (κ3) is 22.3. The van der Waals surface area contributed by atoms with Crippen LogP contribution in [0.3, 0.4) is 0 Å². The lowest BCUT2D eigenvalue weighted by Gasteiger charge is -2.40. The maximum absolute atomic E-state index is 12.7. The minimum atomic E-state index is -1.55. The minimum Gasteiger partial charge on any atom is -0.394 e. The Morgan fingerprint density at radius 1 is 0.694 bits per heavy atom. The second kappa shape index (κ2) is 29.0. The van der Waals surface area contributed by atoms with Crippen LogP contribution in [0.2, 0.25) is 0 Å². The van der Waals surface area contributed by atoms with Gasteiger partial charge in [0.05, 0.1) is 25.4 Å². The van der Waals surface area contributed by atoms with Crippen LogP contribution in [-0.4, -0.2) is 112 Å². The Morgan fingerprint density at radius 3 is 1.63 bits per heavy atom. The van der Waals surface area contributed by atoms with Crippen molar-refractivity contribution in [3.8, 4) is 0 Å². The van der Waals surface area contributed by atoms with Crippen molar-refractivity contribution in [2.45, 2.75) is 204 Å². The van der Waals surface area contributed by atoms with Crippen molar-refractivity contribution in [3.05, 3.63) is 0 Å². The highest BCUT2D eigenvalue weighted by atomic mass is 32.3. The van der Waals surface area contributed by atoms with Gasteiger partial charge in [0, 0.05) is 6.42 Å². The zero-order chi connectivity index (χ0) is 36.3. The van der Waals surface area contributed by atoms with E-state index in [1.165, 1.54) is 121 Å². The number of amides is 1. The fourth-order valence-electron chi connectivity index (χ4n) is 6.70. The van der Waals surface area contributed by atoms with Gasteiger partial charge in [-0.2, -0.15) is 0 Å². The average Bonchev–Trinajstić information content (AvgIpc) is 3.07. The molecule has 5 unspecified atom stereocenters. The van der Waals surface area contributed by atoms with Crippen molar-refractivity contribution in [2.75, 3.05) is 37.2 Å². The number of hydrogen-bond donors (Lipinski definition) is 6. The van der Waals surface area contributed by atoms with Gasteiger partial charge in [-0.05, 0) is 49.7 Å². The van der Waals surface area contributed by atoms with E-state index in [2.05, 4.69) is 24.8 Å². The highest BCUT2D eigenvalue weighted by Gasteiger charge is 2.44. The first kappa shape index (κ1) is 46.6. The molecule has 0 aromatic carbocycles. The molecule has 49 heavy (non-hydrogen) atoms. The summed E-state index contributed by atoms with van der Waals surface area (Å²) in [5.74, 6) is 2.49. The van der Waals surface area contributed by atoms with E-state index in [1.807, 2.05) is 6.92 Å². The number of unbranched alkanes of at least 4 members (excludes halogenated alkanes) is 18. The topological polar surface area (TPSA) is 149 Å². The number of carbonyl (C=O) groups excluding carboxylic acids is 1. The molecule has 0 radical (unpaired) electrons. The molecule has 1 aliphatic heterocycles. The van der Waals surface area contributed by atoms with Gasteiger partial charge in [-0.3, -0.25) is 4.79 Å². The highest BCUT2D eigenvalue weighted by Crippen LogP contribution is 2.42. The lowest BCUT2D eigenvalue weighted by atomic mass is 9.99. The standard InChI is InChI=1S/C39H79NO8S/c1-5-7-8-9-10-11-12-13-14-15-16-17-18-19-21-24-28-49(3,4)29-25-22-20-23-27-35(43)40-32(33(42)26-6-2)31-47-39-38(46)37(45)36(44)34(30-41)48-39/h32-34,36-39,41-42,44-46H,5-31H2,1-4H3,(H,40,43)/t32-,33+,34?,36?,37?,38?,39?/m0/s1. The predicted molar refractivity (Wildman–Crippen MR) is 204 cm³/mol. The molecule has 0 aromatic rings. The van der Waals surface area contributed by atoms with Crippen molar-refractivity contribution in [3.63, 3.8) is 0 Å². The number of carbonyl (C=O) groups is 1. The molecule has 1 fully saturated rings. The van der Waals surface area contributed by atoms with Gasteiger partial charge < -0.3 is 40.3 Å². The van der Waals surface area contributed by atoms with Gasteiger partial charge >= 0.3 is 0 Å². The molecule has 0 bridgehead atoms. The Hall–Kier alpha value is -0.460. The third-order valence-corrected chi connectivity index (χ3v) is 12.9. The van der Waals surface area contributed by atoms with E-state index in [9.17, 15) is 30.3 Å². The van der Waals surface area contributed by atoms with Crippen molar-refractivity contribution in [2.24, 2.45) is 0 Å². The second-order valence-corrected chi connectivity index (χ2v) is 19.6. The van der Waals surface area contributed by atoms with Gasteiger partial charge in [-0.15, -0.1) is 0 Å². The molecule has 1 saturated heterocycles. The zero-order valence-electron chi connectivity index (χ0n) is 32.0. The molecular weight excluding hydrogens is 642 g/mol. The first-order valence-corrected chi connectivity index (χ1v) is 22.9. The summed E-state index contributed by atoms with van der Waals surface area (Å²) in [6.45, 7) is 3.52. The molecule has 1 amide bonds. The van der Waals surface area contributed by atoms with Gasteiger partial charge in [0.25, 0.3) is 0 Å². The molecule has 1 aliphatic rings.